The lowest BCUT2D eigenvalue weighted by molar-refractivity contribution is -0.167. The molecule has 1 atom stereocenters. The summed E-state index contributed by atoms with van der Waals surface area (Å²) < 4.78 is 16.9. The van der Waals surface area contributed by atoms with Gasteiger partial charge in [0, 0.05) is 19.3 Å². The Labute approximate surface area is 450 Å². The number of hydrogen-bond acceptors (Lipinski definition) is 6. The predicted molar refractivity (Wildman–Crippen MR) is 312 cm³/mol. The number of hydrogen-bond donors (Lipinski definition) is 0. The Morgan fingerprint density at radius 2 is 0.375 bits per heavy atom. The second-order valence-corrected chi connectivity index (χ2v) is 22.8. The number of rotatable bonds is 62. The lowest BCUT2D eigenvalue weighted by Gasteiger charge is -2.18. The average molecular weight is 1020 g/mol. The van der Waals surface area contributed by atoms with Crippen molar-refractivity contribution in [1.82, 2.24) is 0 Å². The summed E-state index contributed by atoms with van der Waals surface area (Å²) in [6.07, 6.45) is 71.3. The summed E-state index contributed by atoms with van der Waals surface area (Å²) in [6, 6.07) is 0. The maximum absolute atomic E-state index is 12.9. The van der Waals surface area contributed by atoms with Crippen LogP contribution in [-0.2, 0) is 28.6 Å². The molecule has 0 saturated heterocycles. The van der Waals surface area contributed by atoms with Gasteiger partial charge in [-0.2, -0.15) is 0 Å². The molecule has 6 nitrogen and oxygen atoms in total. The van der Waals surface area contributed by atoms with Gasteiger partial charge in [-0.15, -0.1) is 0 Å². The SMILES string of the molecule is CCCCCCCCCCCCCCCCCCCCCCCCCCCCCCC(=O)OCC(COC(=O)CCCCCCCCCCCCC)OC(=O)CCCCCCCCCCCCCCCCC. The van der Waals surface area contributed by atoms with Crippen LogP contribution < -0.4 is 0 Å². The zero-order valence-electron chi connectivity index (χ0n) is 49.2. The van der Waals surface area contributed by atoms with E-state index in [2.05, 4.69) is 20.8 Å². The molecule has 428 valence electrons. The molecule has 0 aromatic carbocycles. The summed E-state index contributed by atoms with van der Waals surface area (Å²) in [5.41, 5.74) is 0. The van der Waals surface area contributed by atoms with Crippen LogP contribution >= 0.6 is 0 Å². The molecule has 0 N–H and O–H groups in total. The molecule has 0 aromatic heterocycles. The molecule has 0 aliphatic carbocycles. The molecule has 0 aliphatic heterocycles. The van der Waals surface area contributed by atoms with Crippen molar-refractivity contribution in [2.45, 2.75) is 393 Å². The van der Waals surface area contributed by atoms with Gasteiger partial charge in [-0.3, -0.25) is 14.4 Å². The van der Waals surface area contributed by atoms with Crippen molar-refractivity contribution in [2.24, 2.45) is 0 Å². The van der Waals surface area contributed by atoms with Crippen LogP contribution in [0.5, 0.6) is 0 Å². The minimum Gasteiger partial charge on any atom is -0.462 e. The molecule has 0 fully saturated rings. The molecule has 0 amide bonds. The average Bonchev–Trinajstić information content (AvgIpc) is 3.38. The van der Waals surface area contributed by atoms with Crippen molar-refractivity contribution < 1.29 is 28.6 Å². The summed E-state index contributed by atoms with van der Waals surface area (Å²) in [4.78, 5) is 38.2. The van der Waals surface area contributed by atoms with Gasteiger partial charge in [0.05, 0.1) is 0 Å². The van der Waals surface area contributed by atoms with Crippen molar-refractivity contribution >= 4 is 17.9 Å². The molecule has 0 bridgehead atoms. The number of unbranched alkanes of at least 4 members (excludes halogenated alkanes) is 51. The molecule has 0 aromatic rings. The second kappa shape index (κ2) is 62.0. The van der Waals surface area contributed by atoms with Crippen LogP contribution in [0.15, 0.2) is 0 Å². The highest BCUT2D eigenvalue weighted by Crippen LogP contribution is 2.19. The Morgan fingerprint density at radius 1 is 0.222 bits per heavy atom. The van der Waals surface area contributed by atoms with Crippen molar-refractivity contribution in [1.29, 1.82) is 0 Å². The summed E-state index contributed by atoms with van der Waals surface area (Å²) in [7, 11) is 0. The van der Waals surface area contributed by atoms with Gasteiger partial charge in [0.1, 0.15) is 13.2 Å². The van der Waals surface area contributed by atoms with Crippen molar-refractivity contribution in [3.8, 4) is 0 Å². The molecule has 72 heavy (non-hydrogen) atoms. The lowest BCUT2D eigenvalue weighted by atomic mass is 10.0. The lowest BCUT2D eigenvalue weighted by Crippen LogP contribution is -2.30. The van der Waals surface area contributed by atoms with Crippen LogP contribution in [-0.4, -0.2) is 37.2 Å². The first-order chi connectivity index (χ1) is 35.5. The Bertz CT molecular complexity index is 1080. The fourth-order valence-corrected chi connectivity index (χ4v) is 10.4. The topological polar surface area (TPSA) is 78.9 Å². The quantitative estimate of drug-likeness (QED) is 0.0343. The molecule has 6 heteroatoms. The first-order valence-corrected chi connectivity index (χ1v) is 33.0. The van der Waals surface area contributed by atoms with E-state index >= 15 is 0 Å². The number of carbonyl (C=O) groups excluding carboxylic acids is 3. The highest BCUT2D eigenvalue weighted by Gasteiger charge is 2.19. The minimum absolute atomic E-state index is 0.0608. The Kier molecular flexibility index (Phi) is 60.6. The van der Waals surface area contributed by atoms with Gasteiger partial charge in [-0.1, -0.05) is 348 Å². The molecule has 1 unspecified atom stereocenters. The maximum Gasteiger partial charge on any atom is 0.306 e. The number of esters is 3. The van der Waals surface area contributed by atoms with Crippen molar-refractivity contribution in [3.05, 3.63) is 0 Å². The van der Waals surface area contributed by atoms with Crippen LogP contribution in [0.3, 0.4) is 0 Å². The zero-order chi connectivity index (χ0) is 52.2. The summed E-state index contributed by atoms with van der Waals surface area (Å²) in [5.74, 6) is -0.829. The molecular formula is C66H128O6. The molecule has 0 saturated carbocycles. The van der Waals surface area contributed by atoms with E-state index in [0.717, 1.165) is 57.8 Å². The van der Waals surface area contributed by atoms with E-state index in [9.17, 15) is 14.4 Å². The second-order valence-electron chi connectivity index (χ2n) is 22.8. The zero-order valence-corrected chi connectivity index (χ0v) is 49.2. The van der Waals surface area contributed by atoms with Crippen LogP contribution in [0.4, 0.5) is 0 Å². The predicted octanol–water partition coefficient (Wildman–Crippen LogP) is 22.3. The highest BCUT2D eigenvalue weighted by molar-refractivity contribution is 5.71. The Balaban J connectivity index is 4.08. The van der Waals surface area contributed by atoms with E-state index in [1.807, 2.05) is 0 Å². The van der Waals surface area contributed by atoms with Gasteiger partial charge in [0.2, 0.25) is 0 Å². The molecule has 0 heterocycles. The highest BCUT2D eigenvalue weighted by atomic mass is 16.6. The van der Waals surface area contributed by atoms with Crippen LogP contribution in [0.25, 0.3) is 0 Å². The fourth-order valence-electron chi connectivity index (χ4n) is 10.4. The van der Waals surface area contributed by atoms with Gasteiger partial charge in [-0.05, 0) is 19.3 Å². The molecular weight excluding hydrogens is 889 g/mol. The van der Waals surface area contributed by atoms with Gasteiger partial charge in [0.25, 0.3) is 0 Å². The van der Waals surface area contributed by atoms with Gasteiger partial charge in [0.15, 0.2) is 6.10 Å². The summed E-state index contributed by atoms with van der Waals surface area (Å²) in [5, 5.41) is 0. The van der Waals surface area contributed by atoms with E-state index in [1.165, 1.54) is 289 Å². The van der Waals surface area contributed by atoms with Gasteiger partial charge in [-0.25, -0.2) is 0 Å². The normalized spacial score (nSPS) is 11.9. The smallest absolute Gasteiger partial charge is 0.306 e. The molecule has 0 rings (SSSR count). The van der Waals surface area contributed by atoms with E-state index in [4.69, 9.17) is 14.2 Å². The maximum atomic E-state index is 12.9. The molecule has 0 aliphatic rings. The van der Waals surface area contributed by atoms with Crippen molar-refractivity contribution in [3.63, 3.8) is 0 Å². The monoisotopic (exact) mass is 1020 g/mol. The minimum atomic E-state index is -0.761. The Hall–Kier alpha value is -1.59. The third-order valence-corrected chi connectivity index (χ3v) is 15.4. The fraction of sp³-hybridized carbons (Fsp3) is 0.955. The first kappa shape index (κ1) is 70.4. The van der Waals surface area contributed by atoms with E-state index in [1.54, 1.807) is 0 Å². The van der Waals surface area contributed by atoms with E-state index in [0.29, 0.717) is 19.3 Å². The van der Waals surface area contributed by atoms with Gasteiger partial charge < -0.3 is 14.2 Å². The standard InChI is InChI=1S/C66H128O6/c1-4-7-10-13-16-19-22-24-26-27-28-29-30-31-32-33-34-35-36-37-38-40-41-44-47-50-53-56-59-65(68)71-62-63(61-70-64(67)58-55-52-49-46-43-21-18-15-12-9-6-3)72-66(69)60-57-54-51-48-45-42-39-25-23-20-17-14-11-8-5-2/h63H,4-62H2,1-3H3. The van der Waals surface area contributed by atoms with Gasteiger partial charge >= 0.3 is 17.9 Å². The number of carbonyl (C=O) groups is 3. The molecule has 0 spiro atoms. The largest absolute Gasteiger partial charge is 0.462 e. The van der Waals surface area contributed by atoms with E-state index < -0.39 is 6.10 Å². The third-order valence-electron chi connectivity index (χ3n) is 15.4. The third kappa shape index (κ3) is 59.3. The Morgan fingerprint density at radius 3 is 0.556 bits per heavy atom. The number of ether oxygens (including phenoxy) is 3. The van der Waals surface area contributed by atoms with Crippen LogP contribution in [0, 0.1) is 0 Å². The summed E-state index contributed by atoms with van der Waals surface area (Å²) >= 11 is 0. The van der Waals surface area contributed by atoms with Crippen molar-refractivity contribution in [2.75, 3.05) is 13.2 Å². The molecule has 0 radical (unpaired) electrons. The first-order valence-electron chi connectivity index (χ1n) is 33.0. The van der Waals surface area contributed by atoms with Crippen LogP contribution in [0.2, 0.25) is 0 Å². The van der Waals surface area contributed by atoms with E-state index in [-0.39, 0.29) is 31.1 Å². The van der Waals surface area contributed by atoms with Crippen LogP contribution in [0.1, 0.15) is 387 Å². The summed E-state index contributed by atoms with van der Waals surface area (Å²) in [6.45, 7) is 6.71.